The monoisotopic (exact) mass is 395 g/mol. The number of rotatable bonds is 8. The summed E-state index contributed by atoms with van der Waals surface area (Å²) in [6.45, 7) is 1.96. The van der Waals surface area contributed by atoms with Crippen LogP contribution in [0.3, 0.4) is 0 Å². The summed E-state index contributed by atoms with van der Waals surface area (Å²) in [7, 11) is -1.93. The van der Waals surface area contributed by atoms with E-state index >= 15 is 0 Å². The van der Waals surface area contributed by atoms with Gasteiger partial charge in [-0.25, -0.2) is 8.42 Å². The van der Waals surface area contributed by atoms with Gasteiger partial charge in [-0.3, -0.25) is 4.79 Å². The van der Waals surface area contributed by atoms with E-state index in [9.17, 15) is 13.2 Å². The van der Waals surface area contributed by atoms with Gasteiger partial charge in [0.25, 0.3) is 0 Å². The number of ether oxygens (including phenoxy) is 1. The summed E-state index contributed by atoms with van der Waals surface area (Å²) >= 11 is 5.77. The number of methoxy groups -OCH3 is 1. The fraction of sp³-hybridized carbons (Fsp3) is 0.316. The predicted molar refractivity (Wildman–Crippen MR) is 102 cm³/mol. The molecule has 1 N–H and O–H groups in total. The number of halogens is 1. The lowest BCUT2D eigenvalue weighted by atomic mass is 10.0. The van der Waals surface area contributed by atoms with Gasteiger partial charge in [0.05, 0.1) is 23.8 Å². The molecule has 0 aromatic heterocycles. The Balaban J connectivity index is 1.96. The molecule has 1 atom stereocenters. The summed E-state index contributed by atoms with van der Waals surface area (Å²) in [6.07, 6.45) is 0.597. The highest BCUT2D eigenvalue weighted by Gasteiger charge is 2.18. The molecule has 0 aliphatic carbocycles. The standard InChI is InChI=1S/C19H22ClNO4S/c1-3-18(14-4-8-16(25-2)9-5-14)21-19(22)12-13-26(23,24)17-10-6-15(20)7-11-17/h4-11,18H,3,12-13H2,1-2H3,(H,21,22). The van der Waals surface area contributed by atoms with Gasteiger partial charge in [0.2, 0.25) is 5.91 Å². The van der Waals surface area contributed by atoms with Crippen LogP contribution in [0.4, 0.5) is 0 Å². The van der Waals surface area contributed by atoms with Crippen LogP contribution < -0.4 is 10.1 Å². The van der Waals surface area contributed by atoms with Gasteiger partial charge in [0.15, 0.2) is 9.84 Å². The lowest BCUT2D eigenvalue weighted by Crippen LogP contribution is -2.29. The Hall–Kier alpha value is -2.05. The van der Waals surface area contributed by atoms with Crippen molar-refractivity contribution in [2.75, 3.05) is 12.9 Å². The van der Waals surface area contributed by atoms with Gasteiger partial charge in [-0.05, 0) is 48.4 Å². The molecule has 0 radical (unpaired) electrons. The largest absolute Gasteiger partial charge is 0.497 e. The van der Waals surface area contributed by atoms with Crippen LogP contribution in [-0.2, 0) is 14.6 Å². The van der Waals surface area contributed by atoms with E-state index in [4.69, 9.17) is 16.3 Å². The molecule has 0 saturated carbocycles. The third kappa shape index (κ3) is 5.47. The van der Waals surface area contributed by atoms with Gasteiger partial charge in [-0.15, -0.1) is 0 Å². The molecule has 1 amide bonds. The fourth-order valence-corrected chi connectivity index (χ4v) is 3.88. The number of benzene rings is 2. The second kappa shape index (κ2) is 9.05. The van der Waals surface area contributed by atoms with Crippen molar-refractivity contribution >= 4 is 27.3 Å². The molecule has 1 unspecified atom stereocenters. The van der Waals surface area contributed by atoms with Crippen molar-refractivity contribution in [1.29, 1.82) is 0 Å². The molecule has 0 saturated heterocycles. The quantitative estimate of drug-likeness (QED) is 0.738. The first-order valence-electron chi connectivity index (χ1n) is 8.27. The SMILES string of the molecule is CCC(NC(=O)CCS(=O)(=O)c1ccc(Cl)cc1)c1ccc(OC)cc1. The van der Waals surface area contributed by atoms with Crippen LogP contribution >= 0.6 is 11.6 Å². The molecule has 0 aliphatic heterocycles. The fourth-order valence-electron chi connectivity index (χ4n) is 2.51. The van der Waals surface area contributed by atoms with Crippen molar-refractivity contribution in [3.63, 3.8) is 0 Å². The van der Waals surface area contributed by atoms with E-state index in [-0.39, 0.29) is 29.0 Å². The topological polar surface area (TPSA) is 72.5 Å². The Bertz CT molecular complexity index is 833. The van der Waals surface area contributed by atoms with Gasteiger partial charge in [-0.2, -0.15) is 0 Å². The van der Waals surface area contributed by atoms with Crippen LogP contribution in [0.2, 0.25) is 5.02 Å². The van der Waals surface area contributed by atoms with Gasteiger partial charge >= 0.3 is 0 Å². The highest BCUT2D eigenvalue weighted by atomic mass is 35.5. The number of hydrogen-bond acceptors (Lipinski definition) is 4. The maximum Gasteiger partial charge on any atom is 0.221 e. The van der Waals surface area contributed by atoms with Crippen LogP contribution in [0, 0.1) is 0 Å². The van der Waals surface area contributed by atoms with Gasteiger partial charge in [0, 0.05) is 11.4 Å². The molecule has 0 fully saturated rings. The molecule has 2 aromatic carbocycles. The zero-order valence-electron chi connectivity index (χ0n) is 14.7. The van der Waals surface area contributed by atoms with E-state index in [2.05, 4.69) is 5.32 Å². The third-order valence-electron chi connectivity index (χ3n) is 4.03. The second-order valence-corrected chi connectivity index (χ2v) is 8.37. The van der Waals surface area contributed by atoms with E-state index in [1.165, 1.54) is 24.3 Å². The maximum absolute atomic E-state index is 12.3. The van der Waals surface area contributed by atoms with Crippen LogP contribution in [0.1, 0.15) is 31.4 Å². The Morgan fingerprint density at radius 1 is 1.12 bits per heavy atom. The minimum absolute atomic E-state index is 0.0996. The van der Waals surface area contributed by atoms with Crippen LogP contribution in [-0.4, -0.2) is 27.2 Å². The number of hydrogen-bond donors (Lipinski definition) is 1. The Kier molecular flexibility index (Phi) is 7.06. The first kappa shape index (κ1) is 20.3. The first-order chi connectivity index (χ1) is 12.4. The molecule has 140 valence electrons. The summed E-state index contributed by atoms with van der Waals surface area (Å²) in [4.78, 5) is 12.4. The number of nitrogens with one attached hydrogen (secondary N) is 1. The molecule has 0 heterocycles. The average molecular weight is 396 g/mol. The summed E-state index contributed by atoms with van der Waals surface area (Å²) in [5.74, 6) is 0.189. The zero-order valence-corrected chi connectivity index (χ0v) is 16.3. The lowest BCUT2D eigenvalue weighted by Gasteiger charge is -2.18. The molecule has 2 aromatic rings. The number of sulfone groups is 1. The summed E-state index contributed by atoms with van der Waals surface area (Å²) < 4.78 is 29.7. The predicted octanol–water partition coefficient (Wildman–Crippen LogP) is 3.78. The number of amides is 1. The van der Waals surface area contributed by atoms with Crippen molar-refractivity contribution in [3.8, 4) is 5.75 Å². The second-order valence-electron chi connectivity index (χ2n) is 5.82. The third-order valence-corrected chi connectivity index (χ3v) is 6.02. The van der Waals surface area contributed by atoms with Crippen molar-refractivity contribution in [2.24, 2.45) is 0 Å². The number of carbonyl (C=O) groups is 1. The number of carbonyl (C=O) groups excluding carboxylic acids is 1. The van der Waals surface area contributed by atoms with Crippen LogP contribution in [0.5, 0.6) is 5.75 Å². The van der Waals surface area contributed by atoms with Crippen molar-refractivity contribution < 1.29 is 17.9 Å². The van der Waals surface area contributed by atoms with Crippen molar-refractivity contribution in [3.05, 3.63) is 59.1 Å². The molecule has 0 spiro atoms. The molecule has 0 aliphatic rings. The maximum atomic E-state index is 12.3. The van der Waals surface area contributed by atoms with Gasteiger partial charge < -0.3 is 10.1 Å². The van der Waals surface area contributed by atoms with Gasteiger partial charge in [0.1, 0.15) is 5.75 Å². The molecule has 2 rings (SSSR count). The highest BCUT2D eigenvalue weighted by molar-refractivity contribution is 7.91. The van der Waals surface area contributed by atoms with E-state index in [1.807, 2.05) is 31.2 Å². The summed E-state index contributed by atoms with van der Waals surface area (Å²) in [6, 6.07) is 13.2. The average Bonchev–Trinajstić information content (AvgIpc) is 2.65. The minimum atomic E-state index is -3.52. The smallest absolute Gasteiger partial charge is 0.221 e. The van der Waals surface area contributed by atoms with E-state index in [1.54, 1.807) is 7.11 Å². The molecule has 5 nitrogen and oxygen atoms in total. The van der Waals surface area contributed by atoms with Crippen molar-refractivity contribution in [2.45, 2.75) is 30.7 Å². The highest BCUT2D eigenvalue weighted by Crippen LogP contribution is 2.21. The van der Waals surface area contributed by atoms with Gasteiger partial charge in [-0.1, -0.05) is 30.7 Å². The summed E-state index contributed by atoms with van der Waals surface area (Å²) in [5.41, 5.74) is 0.946. The molecular weight excluding hydrogens is 374 g/mol. The molecule has 26 heavy (non-hydrogen) atoms. The molecule has 7 heteroatoms. The Labute approximate surface area is 159 Å². The van der Waals surface area contributed by atoms with Crippen LogP contribution in [0.25, 0.3) is 0 Å². The molecular formula is C19H22ClNO4S. The molecule has 0 bridgehead atoms. The van der Waals surface area contributed by atoms with Crippen molar-refractivity contribution in [1.82, 2.24) is 5.32 Å². The van der Waals surface area contributed by atoms with Crippen LogP contribution in [0.15, 0.2) is 53.4 Å². The minimum Gasteiger partial charge on any atom is -0.497 e. The van der Waals surface area contributed by atoms with E-state index in [0.717, 1.165) is 11.3 Å². The summed E-state index contributed by atoms with van der Waals surface area (Å²) in [5, 5.41) is 3.35. The Morgan fingerprint density at radius 3 is 2.27 bits per heavy atom. The zero-order chi connectivity index (χ0) is 19.2. The normalized spacial score (nSPS) is 12.4. The Morgan fingerprint density at radius 2 is 1.73 bits per heavy atom. The van der Waals surface area contributed by atoms with E-state index in [0.29, 0.717) is 11.4 Å². The first-order valence-corrected chi connectivity index (χ1v) is 10.3. The lowest BCUT2D eigenvalue weighted by molar-refractivity contribution is -0.121. The van der Waals surface area contributed by atoms with E-state index < -0.39 is 9.84 Å².